The molecule has 2 aromatic heterocycles. The Morgan fingerprint density at radius 1 is 1.21 bits per heavy atom. The standard InChI is InChI=1S/C24H29N5O3S2/c1-6-28-15(2)13-18(16(28)3)23-22(20-9-7-8-12-25-20)26-24(33)29(23)17-10-11-19(21(14-17)32-4)27-34(5,30)31/h7-14,22-23,27H,6H2,1-5H3,(H,26,33)/t22-,23-/m1/s1. The van der Waals surface area contributed by atoms with E-state index in [4.69, 9.17) is 17.0 Å². The molecular formula is C24H29N5O3S2. The van der Waals surface area contributed by atoms with Crippen molar-refractivity contribution < 1.29 is 13.2 Å². The Balaban J connectivity index is 1.86. The Kier molecular flexibility index (Phi) is 6.55. The fraction of sp³-hybridized carbons (Fsp3) is 0.333. The minimum absolute atomic E-state index is 0.160. The molecule has 1 fully saturated rings. The molecule has 0 radical (unpaired) electrons. The highest BCUT2D eigenvalue weighted by molar-refractivity contribution is 7.92. The van der Waals surface area contributed by atoms with Gasteiger partial charge in [0.05, 0.1) is 36.8 Å². The van der Waals surface area contributed by atoms with Crippen molar-refractivity contribution in [2.24, 2.45) is 0 Å². The van der Waals surface area contributed by atoms with Crippen LogP contribution in [0, 0.1) is 13.8 Å². The summed E-state index contributed by atoms with van der Waals surface area (Å²) in [6, 6.07) is 13.1. The first-order valence-electron chi connectivity index (χ1n) is 11.0. The van der Waals surface area contributed by atoms with Crippen molar-refractivity contribution in [3.05, 3.63) is 71.3 Å². The molecule has 1 aliphatic heterocycles. The molecule has 10 heteroatoms. The molecule has 4 rings (SSSR count). The van der Waals surface area contributed by atoms with E-state index >= 15 is 0 Å². The lowest BCUT2D eigenvalue weighted by Gasteiger charge is -2.28. The second-order valence-corrected chi connectivity index (χ2v) is 10.5. The van der Waals surface area contributed by atoms with Gasteiger partial charge in [-0.1, -0.05) is 6.07 Å². The van der Waals surface area contributed by atoms with Crippen molar-refractivity contribution in [3.8, 4) is 5.75 Å². The summed E-state index contributed by atoms with van der Waals surface area (Å²) < 4.78 is 33.9. The van der Waals surface area contributed by atoms with Crippen LogP contribution in [0.5, 0.6) is 5.75 Å². The molecule has 0 amide bonds. The van der Waals surface area contributed by atoms with Crippen LogP contribution in [0.2, 0.25) is 0 Å². The van der Waals surface area contributed by atoms with E-state index in [1.54, 1.807) is 18.3 Å². The molecular weight excluding hydrogens is 470 g/mol. The van der Waals surface area contributed by atoms with Crippen molar-refractivity contribution in [2.45, 2.75) is 39.4 Å². The molecule has 0 unspecified atom stereocenters. The summed E-state index contributed by atoms with van der Waals surface area (Å²) >= 11 is 5.82. The normalized spacial score (nSPS) is 18.1. The summed E-state index contributed by atoms with van der Waals surface area (Å²) in [5.74, 6) is 0.407. The van der Waals surface area contributed by atoms with Gasteiger partial charge in [0.2, 0.25) is 10.0 Å². The van der Waals surface area contributed by atoms with Crippen LogP contribution in [-0.4, -0.2) is 36.4 Å². The monoisotopic (exact) mass is 499 g/mol. The number of rotatable bonds is 7. The van der Waals surface area contributed by atoms with Crippen molar-refractivity contribution in [1.29, 1.82) is 0 Å². The summed E-state index contributed by atoms with van der Waals surface area (Å²) in [5.41, 5.74) is 5.55. The maximum atomic E-state index is 11.8. The molecule has 34 heavy (non-hydrogen) atoms. The van der Waals surface area contributed by atoms with E-state index in [9.17, 15) is 8.42 Å². The molecule has 2 atom stereocenters. The number of nitrogens with one attached hydrogen (secondary N) is 2. The third-order valence-corrected chi connectivity index (χ3v) is 7.01. The number of anilines is 2. The third kappa shape index (κ3) is 4.47. The van der Waals surface area contributed by atoms with E-state index < -0.39 is 10.0 Å². The number of nitrogens with zero attached hydrogens (tertiary/aromatic N) is 3. The Morgan fingerprint density at radius 2 is 1.97 bits per heavy atom. The Morgan fingerprint density at radius 3 is 2.56 bits per heavy atom. The third-order valence-electron chi connectivity index (χ3n) is 6.10. The number of benzene rings is 1. The molecule has 3 heterocycles. The van der Waals surface area contributed by atoms with Crippen molar-refractivity contribution >= 4 is 38.7 Å². The van der Waals surface area contributed by atoms with Crippen molar-refractivity contribution in [3.63, 3.8) is 0 Å². The molecule has 1 saturated heterocycles. The largest absolute Gasteiger partial charge is 0.494 e. The molecule has 2 N–H and O–H groups in total. The zero-order chi connectivity index (χ0) is 24.6. The topological polar surface area (TPSA) is 88.5 Å². The second kappa shape index (κ2) is 9.27. The fourth-order valence-corrected chi connectivity index (χ4v) is 5.59. The van der Waals surface area contributed by atoms with Gasteiger partial charge in [-0.2, -0.15) is 0 Å². The van der Waals surface area contributed by atoms with E-state index in [1.165, 1.54) is 18.5 Å². The fourth-order valence-electron chi connectivity index (χ4n) is 4.68. The molecule has 8 nitrogen and oxygen atoms in total. The Labute approximate surface area is 206 Å². The smallest absolute Gasteiger partial charge is 0.229 e. The van der Waals surface area contributed by atoms with Gasteiger partial charge in [0.15, 0.2) is 5.11 Å². The van der Waals surface area contributed by atoms with Crippen LogP contribution in [0.1, 0.15) is 41.7 Å². The number of hydrogen-bond acceptors (Lipinski definition) is 5. The Bertz CT molecular complexity index is 1320. The summed E-state index contributed by atoms with van der Waals surface area (Å²) in [6.45, 7) is 7.24. The summed E-state index contributed by atoms with van der Waals surface area (Å²) in [6.07, 6.45) is 2.89. The number of aryl methyl sites for hydroxylation is 1. The highest BCUT2D eigenvalue weighted by Gasteiger charge is 2.42. The van der Waals surface area contributed by atoms with Crippen LogP contribution in [-0.2, 0) is 16.6 Å². The van der Waals surface area contributed by atoms with Crippen LogP contribution in [0.3, 0.4) is 0 Å². The van der Waals surface area contributed by atoms with Gasteiger partial charge >= 0.3 is 0 Å². The zero-order valence-electron chi connectivity index (χ0n) is 19.9. The van der Waals surface area contributed by atoms with Gasteiger partial charge in [-0.15, -0.1) is 0 Å². The number of sulfonamides is 1. The predicted octanol–water partition coefficient (Wildman–Crippen LogP) is 4.08. The summed E-state index contributed by atoms with van der Waals surface area (Å²) in [7, 11) is -1.94. The quantitative estimate of drug-likeness (QED) is 0.474. The highest BCUT2D eigenvalue weighted by Crippen LogP contribution is 2.44. The lowest BCUT2D eigenvalue weighted by atomic mass is 9.96. The maximum absolute atomic E-state index is 11.8. The predicted molar refractivity (Wildman–Crippen MR) is 139 cm³/mol. The minimum atomic E-state index is -3.45. The van der Waals surface area contributed by atoms with Gasteiger partial charge in [-0.3, -0.25) is 9.71 Å². The van der Waals surface area contributed by atoms with Crippen LogP contribution in [0.4, 0.5) is 11.4 Å². The molecule has 3 aromatic rings. The van der Waals surface area contributed by atoms with Crippen LogP contribution < -0.4 is 19.7 Å². The van der Waals surface area contributed by atoms with Gasteiger partial charge in [-0.25, -0.2) is 8.42 Å². The molecule has 1 aromatic carbocycles. The van der Waals surface area contributed by atoms with Crippen molar-refractivity contribution in [1.82, 2.24) is 14.9 Å². The minimum Gasteiger partial charge on any atom is -0.494 e. The first kappa shape index (κ1) is 24.0. The van der Waals surface area contributed by atoms with Crippen LogP contribution in [0.25, 0.3) is 0 Å². The Hall–Kier alpha value is -3.11. The molecule has 0 aliphatic carbocycles. The maximum Gasteiger partial charge on any atom is 0.229 e. The summed E-state index contributed by atoms with van der Waals surface area (Å²) in [5, 5.41) is 4.03. The van der Waals surface area contributed by atoms with E-state index in [0.29, 0.717) is 16.5 Å². The van der Waals surface area contributed by atoms with Gasteiger partial charge in [0.25, 0.3) is 0 Å². The molecule has 1 aliphatic rings. The molecule has 0 spiro atoms. The van der Waals surface area contributed by atoms with Crippen LogP contribution >= 0.6 is 12.2 Å². The number of pyridine rings is 1. The molecule has 0 saturated carbocycles. The van der Waals surface area contributed by atoms with E-state index in [2.05, 4.69) is 51.3 Å². The molecule has 0 bridgehead atoms. The van der Waals surface area contributed by atoms with E-state index in [-0.39, 0.29) is 12.1 Å². The van der Waals surface area contributed by atoms with Gasteiger partial charge in [0, 0.05) is 35.9 Å². The SMILES string of the molecule is CCn1c(C)cc([C@@H]2[C@@H](c3ccccn3)NC(=S)N2c2ccc(NS(C)(=O)=O)c(OC)c2)c1C. The van der Waals surface area contributed by atoms with Gasteiger partial charge in [0.1, 0.15) is 5.75 Å². The van der Waals surface area contributed by atoms with Gasteiger partial charge < -0.3 is 19.5 Å². The van der Waals surface area contributed by atoms with E-state index in [0.717, 1.165) is 29.7 Å². The van der Waals surface area contributed by atoms with Gasteiger partial charge in [-0.05, 0) is 68.9 Å². The van der Waals surface area contributed by atoms with Crippen LogP contribution in [0.15, 0.2) is 48.7 Å². The highest BCUT2D eigenvalue weighted by atomic mass is 32.2. The molecule has 180 valence electrons. The zero-order valence-corrected chi connectivity index (χ0v) is 21.5. The number of ether oxygens (including phenoxy) is 1. The van der Waals surface area contributed by atoms with E-state index in [1.807, 2.05) is 24.3 Å². The first-order valence-corrected chi connectivity index (χ1v) is 13.3. The van der Waals surface area contributed by atoms with Crippen molar-refractivity contribution in [2.75, 3.05) is 23.0 Å². The second-order valence-electron chi connectivity index (χ2n) is 8.33. The lowest BCUT2D eigenvalue weighted by Crippen LogP contribution is -2.29. The number of thiocarbonyl (C=S) groups is 1. The first-order chi connectivity index (χ1) is 16.1. The average Bonchev–Trinajstić information content (AvgIpc) is 3.28. The summed E-state index contributed by atoms with van der Waals surface area (Å²) in [4.78, 5) is 6.67. The number of aromatic nitrogens is 2. The number of methoxy groups -OCH3 is 1. The number of hydrogen-bond donors (Lipinski definition) is 2. The average molecular weight is 500 g/mol. The lowest BCUT2D eigenvalue weighted by molar-refractivity contribution is 0.417.